The second-order valence-electron chi connectivity index (χ2n) is 9.26. The zero-order chi connectivity index (χ0) is 23.4. The Morgan fingerprint density at radius 3 is 2.58 bits per heavy atom. The number of halogens is 1. The molecule has 0 spiro atoms. The van der Waals surface area contributed by atoms with Crippen molar-refractivity contribution >= 4 is 28.7 Å². The maximum Gasteiger partial charge on any atom is 0.272 e. The van der Waals surface area contributed by atoms with Gasteiger partial charge in [0.25, 0.3) is 5.91 Å². The van der Waals surface area contributed by atoms with Crippen molar-refractivity contribution < 1.29 is 9.53 Å². The van der Waals surface area contributed by atoms with Crippen LogP contribution in [-0.4, -0.2) is 21.6 Å². The number of ether oxygens (including phenoxy) is 1. The first-order valence-electron chi connectivity index (χ1n) is 11.1. The fraction of sp³-hybridized carbons (Fsp3) is 0.296. The molecule has 170 valence electrons. The van der Waals surface area contributed by atoms with Crippen LogP contribution in [0, 0.1) is 0 Å². The summed E-state index contributed by atoms with van der Waals surface area (Å²) in [5.41, 5.74) is 5.30. The number of nitrogens with one attached hydrogen (secondary N) is 1. The maximum atomic E-state index is 12.6. The van der Waals surface area contributed by atoms with Crippen LogP contribution in [0.25, 0.3) is 11.1 Å². The molecule has 1 amide bonds. The van der Waals surface area contributed by atoms with Gasteiger partial charge in [-0.15, -0.1) is 5.10 Å². The number of aromatic nitrogens is 2. The molecule has 1 N–H and O–H groups in total. The molecule has 0 bridgehead atoms. The van der Waals surface area contributed by atoms with Crippen LogP contribution in [0.1, 0.15) is 67.2 Å². The smallest absolute Gasteiger partial charge is 0.272 e. The summed E-state index contributed by atoms with van der Waals surface area (Å²) in [4.78, 5) is 12.6. The van der Waals surface area contributed by atoms with Gasteiger partial charge in [-0.2, -0.15) is 5.10 Å². The SMILES string of the molecule is CC(C)(C)NC(=O)c1cc(C2=C(c3cc(Cl)ccc3OCc3ccccc3)CCC2)cnn1. The summed E-state index contributed by atoms with van der Waals surface area (Å²) >= 11 is 6.38. The quantitative estimate of drug-likeness (QED) is 0.465. The van der Waals surface area contributed by atoms with Crippen molar-refractivity contribution in [1.82, 2.24) is 15.5 Å². The molecule has 0 fully saturated rings. The second-order valence-corrected chi connectivity index (χ2v) is 9.70. The van der Waals surface area contributed by atoms with E-state index < -0.39 is 0 Å². The van der Waals surface area contributed by atoms with Crippen LogP contribution in [0.3, 0.4) is 0 Å². The van der Waals surface area contributed by atoms with Gasteiger partial charge in [0.2, 0.25) is 0 Å². The molecular formula is C27H28ClN3O2. The third-order valence-corrected chi connectivity index (χ3v) is 5.68. The van der Waals surface area contributed by atoms with Gasteiger partial charge in [-0.25, -0.2) is 0 Å². The van der Waals surface area contributed by atoms with Crippen molar-refractivity contribution in [2.75, 3.05) is 0 Å². The summed E-state index contributed by atoms with van der Waals surface area (Å²) < 4.78 is 6.21. The van der Waals surface area contributed by atoms with E-state index in [1.165, 1.54) is 5.57 Å². The van der Waals surface area contributed by atoms with Gasteiger partial charge in [0, 0.05) is 21.7 Å². The Balaban J connectivity index is 1.68. The van der Waals surface area contributed by atoms with Crippen molar-refractivity contribution in [3.05, 3.63) is 88.2 Å². The predicted molar refractivity (Wildman–Crippen MR) is 132 cm³/mol. The van der Waals surface area contributed by atoms with Crippen molar-refractivity contribution in [1.29, 1.82) is 0 Å². The Kier molecular flexibility index (Phi) is 6.80. The number of amides is 1. The molecule has 0 unspecified atom stereocenters. The van der Waals surface area contributed by atoms with Crippen LogP contribution in [0.2, 0.25) is 5.02 Å². The fourth-order valence-electron chi connectivity index (χ4n) is 4.01. The molecule has 33 heavy (non-hydrogen) atoms. The molecule has 1 heterocycles. The summed E-state index contributed by atoms with van der Waals surface area (Å²) in [6.07, 6.45) is 4.54. The van der Waals surface area contributed by atoms with E-state index in [1.54, 1.807) is 6.20 Å². The summed E-state index contributed by atoms with van der Waals surface area (Å²) in [5.74, 6) is 0.567. The van der Waals surface area contributed by atoms with Crippen LogP contribution in [0.4, 0.5) is 0 Å². The molecule has 0 radical (unpaired) electrons. The van der Waals surface area contributed by atoms with Gasteiger partial charge in [-0.05, 0) is 81.0 Å². The third kappa shape index (κ3) is 5.79. The summed E-state index contributed by atoms with van der Waals surface area (Å²) in [5, 5.41) is 11.8. The zero-order valence-electron chi connectivity index (χ0n) is 19.2. The van der Waals surface area contributed by atoms with Crippen molar-refractivity contribution in [3.8, 4) is 5.75 Å². The predicted octanol–water partition coefficient (Wildman–Crippen LogP) is 6.33. The van der Waals surface area contributed by atoms with E-state index in [2.05, 4.69) is 15.5 Å². The molecule has 2 aromatic carbocycles. The molecule has 1 aliphatic rings. The summed E-state index contributed by atoms with van der Waals surface area (Å²) in [7, 11) is 0. The van der Waals surface area contributed by atoms with Gasteiger partial charge in [0.15, 0.2) is 5.69 Å². The van der Waals surface area contributed by atoms with E-state index in [-0.39, 0.29) is 11.4 Å². The molecule has 3 aromatic rings. The second kappa shape index (κ2) is 9.75. The van der Waals surface area contributed by atoms with Gasteiger partial charge in [0.1, 0.15) is 12.4 Å². The van der Waals surface area contributed by atoms with Crippen molar-refractivity contribution in [2.24, 2.45) is 0 Å². The average molecular weight is 462 g/mol. The molecule has 1 aliphatic carbocycles. The minimum absolute atomic E-state index is 0.230. The Bertz CT molecular complexity index is 1180. The number of allylic oxidation sites excluding steroid dienone is 2. The van der Waals surface area contributed by atoms with Crippen molar-refractivity contribution in [2.45, 2.75) is 52.2 Å². The average Bonchev–Trinajstić information content (AvgIpc) is 3.28. The number of carbonyl (C=O) groups excluding carboxylic acids is 1. The monoisotopic (exact) mass is 461 g/mol. The molecule has 0 saturated heterocycles. The van der Waals surface area contributed by atoms with Crippen LogP contribution >= 0.6 is 11.6 Å². The lowest BCUT2D eigenvalue weighted by atomic mass is 9.97. The van der Waals surface area contributed by atoms with E-state index in [9.17, 15) is 4.79 Å². The highest BCUT2D eigenvalue weighted by molar-refractivity contribution is 6.30. The lowest BCUT2D eigenvalue weighted by Gasteiger charge is -2.20. The van der Waals surface area contributed by atoms with E-state index in [1.807, 2.05) is 75.4 Å². The minimum atomic E-state index is -0.349. The molecular weight excluding hydrogens is 434 g/mol. The van der Waals surface area contributed by atoms with Gasteiger partial charge >= 0.3 is 0 Å². The van der Waals surface area contributed by atoms with Gasteiger partial charge in [-0.1, -0.05) is 41.9 Å². The van der Waals surface area contributed by atoms with E-state index >= 15 is 0 Å². The molecule has 5 nitrogen and oxygen atoms in total. The Labute approximate surface area is 199 Å². The largest absolute Gasteiger partial charge is 0.488 e. The van der Waals surface area contributed by atoms with E-state index in [4.69, 9.17) is 16.3 Å². The molecule has 0 aliphatic heterocycles. The van der Waals surface area contributed by atoms with E-state index in [0.29, 0.717) is 17.3 Å². The molecule has 0 atom stereocenters. The first kappa shape index (κ1) is 23.0. The van der Waals surface area contributed by atoms with Crippen molar-refractivity contribution in [3.63, 3.8) is 0 Å². The zero-order valence-corrected chi connectivity index (χ0v) is 19.9. The number of rotatable bonds is 6. The molecule has 4 rings (SSSR count). The third-order valence-electron chi connectivity index (χ3n) is 5.45. The maximum absolute atomic E-state index is 12.6. The number of hydrogen-bond acceptors (Lipinski definition) is 4. The van der Waals surface area contributed by atoms with Gasteiger partial charge in [-0.3, -0.25) is 4.79 Å². The lowest BCUT2D eigenvalue weighted by molar-refractivity contribution is 0.0913. The van der Waals surface area contributed by atoms with E-state index in [0.717, 1.165) is 47.3 Å². The molecule has 0 saturated carbocycles. The van der Waals surface area contributed by atoms with Gasteiger partial charge < -0.3 is 10.1 Å². The Morgan fingerprint density at radius 2 is 1.82 bits per heavy atom. The Hall–Kier alpha value is -3.18. The van der Waals surface area contributed by atoms with Crippen LogP contribution in [0.5, 0.6) is 5.75 Å². The lowest BCUT2D eigenvalue weighted by Crippen LogP contribution is -2.41. The topological polar surface area (TPSA) is 64.1 Å². The normalized spacial score (nSPS) is 13.8. The minimum Gasteiger partial charge on any atom is -0.488 e. The first-order chi connectivity index (χ1) is 15.8. The van der Waals surface area contributed by atoms with Crippen LogP contribution in [-0.2, 0) is 6.61 Å². The number of carbonyl (C=O) groups is 1. The fourth-order valence-corrected chi connectivity index (χ4v) is 4.18. The van der Waals surface area contributed by atoms with Crippen LogP contribution in [0.15, 0.2) is 60.8 Å². The number of nitrogens with zero attached hydrogens (tertiary/aromatic N) is 2. The number of benzene rings is 2. The Morgan fingerprint density at radius 1 is 1.06 bits per heavy atom. The highest BCUT2D eigenvalue weighted by atomic mass is 35.5. The highest BCUT2D eigenvalue weighted by Crippen LogP contribution is 2.43. The van der Waals surface area contributed by atoms with Crippen LogP contribution < -0.4 is 10.1 Å². The first-order valence-corrected chi connectivity index (χ1v) is 11.5. The highest BCUT2D eigenvalue weighted by Gasteiger charge is 2.23. The molecule has 1 aromatic heterocycles. The van der Waals surface area contributed by atoms with Gasteiger partial charge in [0.05, 0.1) is 6.20 Å². The molecule has 6 heteroatoms. The summed E-state index contributed by atoms with van der Waals surface area (Å²) in [6.45, 7) is 6.30. The summed E-state index contributed by atoms with van der Waals surface area (Å²) in [6, 6.07) is 17.6. The standard InChI is InChI=1S/C27H28ClN3O2/c1-27(2,3)30-26(32)24-14-19(16-29-31-24)21-10-7-11-22(21)23-15-20(28)12-13-25(23)33-17-18-8-5-4-6-9-18/h4-6,8-9,12-16H,7,10-11,17H2,1-3H3,(H,30,32). The number of hydrogen-bond donors (Lipinski definition) is 1.